The molecule has 0 saturated carbocycles. The lowest BCUT2D eigenvalue weighted by Crippen LogP contribution is -2.43. The van der Waals surface area contributed by atoms with Crippen LogP contribution >= 0.6 is 0 Å². The third kappa shape index (κ3) is 4.17. The zero-order chi connectivity index (χ0) is 15.2. The van der Waals surface area contributed by atoms with E-state index in [0.717, 1.165) is 18.8 Å². The maximum absolute atomic E-state index is 4.83. The molecule has 4 heteroatoms. The Morgan fingerprint density at radius 1 is 1.29 bits per heavy atom. The van der Waals surface area contributed by atoms with E-state index in [1.54, 1.807) is 0 Å². The van der Waals surface area contributed by atoms with Gasteiger partial charge < -0.3 is 15.1 Å². The first kappa shape index (κ1) is 16.2. The number of aromatic nitrogens is 1. The van der Waals surface area contributed by atoms with Crippen LogP contribution in [0.3, 0.4) is 0 Å². The number of pyridine rings is 1. The van der Waals surface area contributed by atoms with Gasteiger partial charge in [0.2, 0.25) is 0 Å². The van der Waals surface area contributed by atoms with E-state index in [-0.39, 0.29) is 0 Å². The summed E-state index contributed by atoms with van der Waals surface area (Å²) in [6.45, 7) is 8.93. The molecule has 1 aliphatic heterocycles. The standard InChI is InChI=1S/C17H30N4/c1-5-15-11-14(13-18-3)12-17(19-15)20(4)16-7-9-21(6-2)10-8-16/h11-12,16,18H,5-10,13H2,1-4H3. The number of nitrogens with one attached hydrogen (secondary N) is 1. The molecule has 0 aliphatic carbocycles. The maximum Gasteiger partial charge on any atom is 0.129 e. The lowest BCUT2D eigenvalue weighted by molar-refractivity contribution is 0.220. The van der Waals surface area contributed by atoms with E-state index in [2.05, 4.69) is 48.1 Å². The van der Waals surface area contributed by atoms with Crippen molar-refractivity contribution in [3.63, 3.8) is 0 Å². The van der Waals surface area contributed by atoms with E-state index in [1.165, 1.54) is 43.7 Å². The molecule has 21 heavy (non-hydrogen) atoms. The highest BCUT2D eigenvalue weighted by Gasteiger charge is 2.22. The van der Waals surface area contributed by atoms with E-state index in [0.29, 0.717) is 6.04 Å². The van der Waals surface area contributed by atoms with Gasteiger partial charge in [-0.05, 0) is 50.6 Å². The van der Waals surface area contributed by atoms with Crippen LogP contribution in [0.2, 0.25) is 0 Å². The second-order valence-corrected chi connectivity index (χ2v) is 5.99. The molecular formula is C17H30N4. The van der Waals surface area contributed by atoms with Gasteiger partial charge in [0, 0.05) is 38.4 Å². The van der Waals surface area contributed by atoms with Crippen LogP contribution in [-0.2, 0) is 13.0 Å². The Bertz CT molecular complexity index is 438. The van der Waals surface area contributed by atoms with E-state index in [9.17, 15) is 0 Å². The predicted octanol–water partition coefficient (Wildman–Crippen LogP) is 2.28. The average Bonchev–Trinajstić information content (AvgIpc) is 2.54. The lowest BCUT2D eigenvalue weighted by atomic mass is 10.0. The molecule has 2 heterocycles. The van der Waals surface area contributed by atoms with Crippen molar-refractivity contribution in [1.29, 1.82) is 0 Å². The maximum atomic E-state index is 4.83. The van der Waals surface area contributed by atoms with E-state index in [4.69, 9.17) is 4.98 Å². The average molecular weight is 290 g/mol. The van der Waals surface area contributed by atoms with Crippen molar-refractivity contribution in [2.75, 3.05) is 38.6 Å². The minimum atomic E-state index is 0.620. The summed E-state index contributed by atoms with van der Waals surface area (Å²) in [5.74, 6) is 1.13. The molecule has 0 spiro atoms. The number of aryl methyl sites for hydroxylation is 1. The van der Waals surface area contributed by atoms with Crippen molar-refractivity contribution in [1.82, 2.24) is 15.2 Å². The van der Waals surface area contributed by atoms with Crippen LogP contribution in [0.5, 0.6) is 0 Å². The normalized spacial score (nSPS) is 17.1. The molecule has 0 aromatic carbocycles. The summed E-state index contributed by atoms with van der Waals surface area (Å²) in [4.78, 5) is 9.76. The quantitative estimate of drug-likeness (QED) is 0.871. The van der Waals surface area contributed by atoms with Crippen LogP contribution in [0.15, 0.2) is 12.1 Å². The van der Waals surface area contributed by atoms with Crippen molar-refractivity contribution in [2.24, 2.45) is 0 Å². The van der Waals surface area contributed by atoms with Gasteiger partial charge >= 0.3 is 0 Å². The van der Waals surface area contributed by atoms with Crippen LogP contribution in [-0.4, -0.2) is 49.7 Å². The molecule has 0 radical (unpaired) electrons. The second kappa shape index (κ2) is 7.76. The van der Waals surface area contributed by atoms with Gasteiger partial charge in [0.1, 0.15) is 5.82 Å². The molecule has 1 saturated heterocycles. The Hall–Kier alpha value is -1.13. The van der Waals surface area contributed by atoms with Gasteiger partial charge in [-0.25, -0.2) is 4.98 Å². The largest absolute Gasteiger partial charge is 0.357 e. The molecule has 1 aliphatic rings. The molecule has 0 atom stereocenters. The summed E-state index contributed by atoms with van der Waals surface area (Å²) in [7, 11) is 4.20. The van der Waals surface area contributed by atoms with E-state index >= 15 is 0 Å². The summed E-state index contributed by atoms with van der Waals surface area (Å²) in [6.07, 6.45) is 3.47. The van der Waals surface area contributed by atoms with Gasteiger partial charge in [0.15, 0.2) is 0 Å². The fourth-order valence-electron chi connectivity index (χ4n) is 3.11. The highest BCUT2D eigenvalue weighted by molar-refractivity contribution is 5.43. The van der Waals surface area contributed by atoms with Gasteiger partial charge in [0.05, 0.1) is 0 Å². The number of rotatable bonds is 6. The highest BCUT2D eigenvalue weighted by atomic mass is 15.2. The summed E-state index contributed by atoms with van der Waals surface area (Å²) in [5.41, 5.74) is 2.52. The third-order valence-electron chi connectivity index (χ3n) is 4.58. The predicted molar refractivity (Wildman–Crippen MR) is 89.9 cm³/mol. The van der Waals surface area contributed by atoms with Gasteiger partial charge in [0.25, 0.3) is 0 Å². The Kier molecular flexibility index (Phi) is 6.00. The zero-order valence-electron chi connectivity index (χ0n) is 14.0. The summed E-state index contributed by atoms with van der Waals surface area (Å²) >= 11 is 0. The van der Waals surface area contributed by atoms with Crippen LogP contribution in [0, 0.1) is 0 Å². The molecule has 1 fully saturated rings. The van der Waals surface area contributed by atoms with Crippen LogP contribution in [0.1, 0.15) is 37.9 Å². The number of anilines is 1. The monoisotopic (exact) mass is 290 g/mol. The molecule has 1 aromatic heterocycles. The van der Waals surface area contributed by atoms with Crippen molar-refractivity contribution in [3.8, 4) is 0 Å². The van der Waals surface area contributed by atoms with E-state index in [1.807, 2.05) is 7.05 Å². The molecule has 2 rings (SSSR count). The van der Waals surface area contributed by atoms with Gasteiger partial charge in [-0.1, -0.05) is 13.8 Å². The Morgan fingerprint density at radius 3 is 2.57 bits per heavy atom. The lowest BCUT2D eigenvalue weighted by Gasteiger charge is -2.37. The highest BCUT2D eigenvalue weighted by Crippen LogP contribution is 2.22. The first-order valence-corrected chi connectivity index (χ1v) is 8.27. The Morgan fingerprint density at radius 2 is 2.00 bits per heavy atom. The first-order valence-electron chi connectivity index (χ1n) is 8.27. The van der Waals surface area contributed by atoms with Crippen molar-refractivity contribution < 1.29 is 0 Å². The van der Waals surface area contributed by atoms with Crippen molar-refractivity contribution in [2.45, 2.75) is 45.7 Å². The Labute approximate surface area is 129 Å². The first-order chi connectivity index (χ1) is 10.2. The third-order valence-corrected chi connectivity index (χ3v) is 4.58. The van der Waals surface area contributed by atoms with Crippen LogP contribution in [0.25, 0.3) is 0 Å². The second-order valence-electron chi connectivity index (χ2n) is 5.99. The van der Waals surface area contributed by atoms with E-state index < -0.39 is 0 Å². The van der Waals surface area contributed by atoms with Crippen LogP contribution in [0.4, 0.5) is 5.82 Å². The summed E-state index contributed by atoms with van der Waals surface area (Å²) < 4.78 is 0. The topological polar surface area (TPSA) is 31.4 Å². The molecule has 1 aromatic rings. The van der Waals surface area contributed by atoms with Gasteiger partial charge in [-0.3, -0.25) is 0 Å². The zero-order valence-corrected chi connectivity index (χ0v) is 14.0. The molecule has 118 valence electrons. The molecule has 1 N–H and O–H groups in total. The molecule has 0 amide bonds. The SMILES string of the molecule is CCc1cc(CNC)cc(N(C)C2CCN(CC)CC2)n1. The van der Waals surface area contributed by atoms with Crippen molar-refractivity contribution >= 4 is 5.82 Å². The number of nitrogens with zero attached hydrogens (tertiary/aromatic N) is 3. The summed E-state index contributed by atoms with van der Waals surface area (Å²) in [5, 5.41) is 3.24. The number of hydrogen-bond acceptors (Lipinski definition) is 4. The van der Waals surface area contributed by atoms with Crippen LogP contribution < -0.4 is 10.2 Å². The molecule has 0 bridgehead atoms. The van der Waals surface area contributed by atoms with Crippen molar-refractivity contribution in [3.05, 3.63) is 23.4 Å². The van der Waals surface area contributed by atoms with Gasteiger partial charge in [-0.2, -0.15) is 0 Å². The smallest absolute Gasteiger partial charge is 0.129 e. The minimum absolute atomic E-state index is 0.620. The molecule has 4 nitrogen and oxygen atoms in total. The van der Waals surface area contributed by atoms with Gasteiger partial charge in [-0.15, -0.1) is 0 Å². The summed E-state index contributed by atoms with van der Waals surface area (Å²) in [6, 6.07) is 5.07. The number of piperidine rings is 1. The molecular weight excluding hydrogens is 260 g/mol. The fourth-order valence-corrected chi connectivity index (χ4v) is 3.11. The molecule has 0 unspecified atom stereocenters. The Balaban J connectivity index is 2.10. The fraction of sp³-hybridized carbons (Fsp3) is 0.706. The number of hydrogen-bond donors (Lipinski definition) is 1. The minimum Gasteiger partial charge on any atom is -0.357 e. The number of likely N-dealkylation sites (tertiary alicyclic amines) is 1.